The van der Waals surface area contributed by atoms with E-state index in [1.54, 1.807) is 23.2 Å². The second-order valence-corrected chi connectivity index (χ2v) is 9.40. The minimum atomic E-state index is -1.03. The van der Waals surface area contributed by atoms with E-state index in [4.69, 9.17) is 14.3 Å². The number of ether oxygens (including phenoxy) is 1. The van der Waals surface area contributed by atoms with Crippen molar-refractivity contribution in [2.24, 2.45) is 0 Å². The minimum absolute atomic E-state index is 0.118. The highest BCUT2D eigenvalue weighted by molar-refractivity contribution is 5.88. The van der Waals surface area contributed by atoms with Crippen molar-refractivity contribution < 1.29 is 23.8 Å². The van der Waals surface area contributed by atoms with Crippen molar-refractivity contribution in [1.82, 2.24) is 9.88 Å². The molecular weight excluding hydrogens is 434 g/mol. The molecule has 4 rings (SSSR count). The van der Waals surface area contributed by atoms with Gasteiger partial charge in [0, 0.05) is 30.7 Å². The second-order valence-electron chi connectivity index (χ2n) is 9.40. The quantitative estimate of drug-likeness (QED) is 0.517. The molecule has 3 aromatic rings. The van der Waals surface area contributed by atoms with E-state index in [0.29, 0.717) is 24.5 Å². The van der Waals surface area contributed by atoms with Crippen LogP contribution in [0.3, 0.4) is 0 Å². The first kappa shape index (κ1) is 23.5. The Morgan fingerprint density at radius 3 is 2.74 bits per heavy atom. The van der Waals surface area contributed by atoms with Gasteiger partial charge >= 0.3 is 12.1 Å². The van der Waals surface area contributed by atoms with Crippen molar-refractivity contribution >= 4 is 34.9 Å². The topological polar surface area (TPSA) is 96.1 Å². The third-order valence-corrected chi connectivity index (χ3v) is 5.49. The number of furan rings is 1. The van der Waals surface area contributed by atoms with Gasteiger partial charge in [-0.15, -0.1) is 0 Å². The lowest BCUT2D eigenvalue weighted by atomic mass is 10.2. The molecule has 1 aliphatic rings. The fraction of sp³-hybridized carbons (Fsp3) is 0.346. The van der Waals surface area contributed by atoms with E-state index in [1.165, 1.54) is 6.08 Å². The van der Waals surface area contributed by atoms with Crippen LogP contribution in [-0.4, -0.2) is 51.8 Å². The van der Waals surface area contributed by atoms with Crippen molar-refractivity contribution in [3.8, 4) is 0 Å². The Bertz CT molecular complexity index is 1160. The zero-order valence-electron chi connectivity index (χ0n) is 19.6. The molecule has 0 spiro atoms. The highest BCUT2D eigenvalue weighted by Crippen LogP contribution is 2.27. The van der Waals surface area contributed by atoms with Gasteiger partial charge in [0.25, 0.3) is 0 Å². The second kappa shape index (κ2) is 9.69. The SMILES string of the molecule is CC(C)(C)OC(=O)N(c1ccc(/C=C/C(=O)O)cn1)[C@@H]1CCN(Cc2cc3ccccc3o2)C1. The van der Waals surface area contributed by atoms with Gasteiger partial charge in [0.05, 0.1) is 12.6 Å². The lowest BCUT2D eigenvalue weighted by Gasteiger charge is -2.31. The van der Waals surface area contributed by atoms with Crippen molar-refractivity contribution in [3.05, 3.63) is 66.1 Å². The van der Waals surface area contributed by atoms with Gasteiger partial charge in [0.15, 0.2) is 0 Å². The van der Waals surface area contributed by atoms with Crippen LogP contribution >= 0.6 is 0 Å². The van der Waals surface area contributed by atoms with Gasteiger partial charge in [0.2, 0.25) is 0 Å². The standard InChI is InChI=1S/C26H29N3O5/c1-26(2,3)34-25(32)29(23-10-8-18(15-27-23)9-11-24(30)31)20-12-13-28(16-20)17-21-14-19-6-4-5-7-22(19)33-21/h4-11,14-15,20H,12-13,16-17H2,1-3H3,(H,30,31)/b11-9+/t20-/m1/s1. The van der Waals surface area contributed by atoms with Gasteiger partial charge < -0.3 is 14.3 Å². The number of benzene rings is 1. The predicted octanol–water partition coefficient (Wildman–Crippen LogP) is 4.94. The third kappa shape index (κ3) is 5.82. The number of rotatable bonds is 6. The van der Waals surface area contributed by atoms with Gasteiger partial charge in [-0.1, -0.05) is 18.2 Å². The number of amides is 1. The number of hydrogen-bond acceptors (Lipinski definition) is 6. The van der Waals surface area contributed by atoms with Crippen LogP contribution in [0.1, 0.15) is 38.5 Å². The van der Waals surface area contributed by atoms with E-state index in [0.717, 1.165) is 35.8 Å². The highest BCUT2D eigenvalue weighted by atomic mass is 16.6. The maximum absolute atomic E-state index is 13.2. The number of carbonyl (C=O) groups is 2. The Kier molecular flexibility index (Phi) is 6.70. The maximum Gasteiger partial charge on any atom is 0.416 e. The lowest BCUT2D eigenvalue weighted by Crippen LogP contribution is -2.45. The average Bonchev–Trinajstić information content (AvgIpc) is 3.38. The molecule has 8 heteroatoms. The largest absolute Gasteiger partial charge is 0.478 e. The maximum atomic E-state index is 13.2. The first-order chi connectivity index (χ1) is 16.2. The number of fused-ring (bicyclic) bond motifs is 1. The van der Waals surface area contributed by atoms with Crippen LogP contribution in [0.5, 0.6) is 0 Å². The fourth-order valence-electron chi connectivity index (χ4n) is 4.05. The van der Waals surface area contributed by atoms with Crippen LogP contribution in [0.4, 0.5) is 10.6 Å². The number of anilines is 1. The van der Waals surface area contributed by atoms with Gasteiger partial charge in [-0.2, -0.15) is 0 Å². The molecule has 1 N–H and O–H groups in total. The molecule has 0 saturated carbocycles. The van der Waals surface area contributed by atoms with Crippen LogP contribution < -0.4 is 4.90 Å². The van der Waals surface area contributed by atoms with Crippen LogP contribution in [-0.2, 0) is 16.1 Å². The summed E-state index contributed by atoms with van der Waals surface area (Å²) < 4.78 is 11.7. The number of aromatic nitrogens is 1. The summed E-state index contributed by atoms with van der Waals surface area (Å²) in [5.74, 6) is 0.325. The average molecular weight is 464 g/mol. The normalized spacial score (nSPS) is 16.9. The number of pyridine rings is 1. The Morgan fingerprint density at radius 1 is 1.26 bits per heavy atom. The molecule has 0 bridgehead atoms. The fourth-order valence-corrected chi connectivity index (χ4v) is 4.05. The summed E-state index contributed by atoms with van der Waals surface area (Å²) in [7, 11) is 0. The molecular formula is C26H29N3O5. The van der Waals surface area contributed by atoms with Crippen LogP contribution in [0, 0.1) is 0 Å². The van der Waals surface area contributed by atoms with E-state index in [1.807, 2.05) is 45.0 Å². The molecule has 1 aliphatic heterocycles. The van der Waals surface area contributed by atoms with E-state index >= 15 is 0 Å². The van der Waals surface area contributed by atoms with Crippen LogP contribution in [0.25, 0.3) is 17.0 Å². The van der Waals surface area contributed by atoms with Crippen LogP contribution in [0.15, 0.2) is 59.2 Å². The molecule has 34 heavy (non-hydrogen) atoms. The zero-order valence-corrected chi connectivity index (χ0v) is 19.6. The number of aliphatic carboxylic acids is 1. The van der Waals surface area contributed by atoms with Gasteiger partial charge in [-0.3, -0.25) is 9.80 Å². The summed E-state index contributed by atoms with van der Waals surface area (Å²) in [5.41, 5.74) is 0.851. The number of nitrogens with zero attached hydrogens (tertiary/aromatic N) is 3. The van der Waals surface area contributed by atoms with Gasteiger partial charge in [-0.25, -0.2) is 14.6 Å². The van der Waals surface area contributed by atoms with Crippen LogP contribution in [0.2, 0.25) is 0 Å². The Hall–Kier alpha value is -3.65. The number of para-hydroxylation sites is 1. The molecule has 1 fully saturated rings. The van der Waals surface area contributed by atoms with Gasteiger partial charge in [0.1, 0.15) is 22.8 Å². The molecule has 0 radical (unpaired) electrons. The van der Waals surface area contributed by atoms with E-state index in [9.17, 15) is 9.59 Å². The Morgan fingerprint density at radius 2 is 2.06 bits per heavy atom. The number of likely N-dealkylation sites (tertiary alicyclic amines) is 1. The number of carboxylic acids is 1. The van der Waals surface area contributed by atoms with Crippen molar-refractivity contribution in [1.29, 1.82) is 0 Å². The van der Waals surface area contributed by atoms with Gasteiger partial charge in [-0.05, 0) is 63.1 Å². The molecule has 3 heterocycles. The minimum Gasteiger partial charge on any atom is -0.478 e. The number of hydrogen-bond donors (Lipinski definition) is 1. The molecule has 8 nitrogen and oxygen atoms in total. The molecule has 1 aromatic carbocycles. The first-order valence-electron chi connectivity index (χ1n) is 11.3. The molecule has 1 atom stereocenters. The first-order valence-corrected chi connectivity index (χ1v) is 11.3. The third-order valence-electron chi connectivity index (χ3n) is 5.49. The summed E-state index contributed by atoms with van der Waals surface area (Å²) in [6.07, 6.45) is 4.37. The number of carboxylic acid groups (broad SMARTS) is 1. The highest BCUT2D eigenvalue weighted by Gasteiger charge is 2.35. The molecule has 1 amide bonds. The molecule has 0 aliphatic carbocycles. The van der Waals surface area contributed by atoms with E-state index < -0.39 is 17.7 Å². The van der Waals surface area contributed by atoms with Crippen molar-refractivity contribution in [2.45, 2.75) is 45.4 Å². The Balaban J connectivity index is 1.51. The molecule has 1 saturated heterocycles. The monoisotopic (exact) mass is 463 g/mol. The Labute approximate surface area is 198 Å². The molecule has 178 valence electrons. The molecule has 2 aromatic heterocycles. The summed E-state index contributed by atoms with van der Waals surface area (Å²) in [4.78, 5) is 32.2. The van der Waals surface area contributed by atoms with E-state index in [2.05, 4.69) is 16.0 Å². The summed E-state index contributed by atoms with van der Waals surface area (Å²) in [6.45, 7) is 7.61. The smallest absolute Gasteiger partial charge is 0.416 e. The summed E-state index contributed by atoms with van der Waals surface area (Å²) in [5, 5.41) is 9.90. The number of carbonyl (C=O) groups excluding carboxylic acids is 1. The summed E-state index contributed by atoms with van der Waals surface area (Å²) >= 11 is 0. The predicted molar refractivity (Wildman–Crippen MR) is 130 cm³/mol. The molecule has 0 unspecified atom stereocenters. The van der Waals surface area contributed by atoms with E-state index in [-0.39, 0.29) is 6.04 Å². The van der Waals surface area contributed by atoms with Crippen molar-refractivity contribution in [3.63, 3.8) is 0 Å². The van der Waals surface area contributed by atoms with Crippen molar-refractivity contribution in [2.75, 3.05) is 18.0 Å². The lowest BCUT2D eigenvalue weighted by molar-refractivity contribution is -0.131. The zero-order chi connectivity index (χ0) is 24.3. The summed E-state index contributed by atoms with van der Waals surface area (Å²) in [6, 6.07) is 13.3.